The number of hydrogen-bond acceptors (Lipinski definition) is 5. The number of nitrogens with one attached hydrogen (secondary N) is 1. The van der Waals surface area contributed by atoms with Crippen molar-refractivity contribution in [3.05, 3.63) is 29.8 Å². The first-order valence-electron chi connectivity index (χ1n) is 10.5. The Hall–Kier alpha value is -2.21. The molecule has 0 aliphatic heterocycles. The highest BCUT2D eigenvalue weighted by Gasteiger charge is 2.57. The molecule has 29 heavy (non-hydrogen) atoms. The molecule has 4 saturated carbocycles. The summed E-state index contributed by atoms with van der Waals surface area (Å²) in [4.78, 5) is 36.3. The number of aliphatic hydroxyl groups is 1. The largest absolute Gasteiger partial charge is 0.453 e. The molecule has 4 bridgehead atoms. The molecule has 0 heterocycles. The van der Waals surface area contributed by atoms with Crippen LogP contribution in [0, 0.1) is 17.3 Å². The maximum Gasteiger partial charge on any atom is 0.307 e. The maximum absolute atomic E-state index is 12.6. The minimum absolute atomic E-state index is 0.0421. The van der Waals surface area contributed by atoms with Gasteiger partial charge in [0, 0.05) is 11.3 Å². The second-order valence-corrected chi connectivity index (χ2v) is 9.62. The van der Waals surface area contributed by atoms with Crippen molar-refractivity contribution in [3.63, 3.8) is 0 Å². The first-order valence-corrected chi connectivity index (χ1v) is 10.5. The molecule has 2 unspecified atom stereocenters. The van der Waals surface area contributed by atoms with E-state index >= 15 is 0 Å². The highest BCUT2D eigenvalue weighted by molar-refractivity contribution is 5.97. The van der Waals surface area contributed by atoms with E-state index in [-0.39, 0.29) is 23.6 Å². The number of benzene rings is 1. The number of Topliss-reactive ketones (excluding diaryl/α,β-unsaturated/α-hetero) is 1. The van der Waals surface area contributed by atoms with Crippen molar-refractivity contribution in [2.45, 2.75) is 70.5 Å². The Balaban J connectivity index is 1.32. The van der Waals surface area contributed by atoms with Crippen LogP contribution >= 0.6 is 0 Å². The zero-order valence-corrected chi connectivity index (χ0v) is 17.1. The third-order valence-electron chi connectivity index (χ3n) is 6.91. The molecule has 1 aromatic rings. The van der Waals surface area contributed by atoms with Gasteiger partial charge in [-0.1, -0.05) is 0 Å². The summed E-state index contributed by atoms with van der Waals surface area (Å²) in [6, 6.07) is 6.59. The molecule has 4 aliphatic rings. The Morgan fingerprint density at radius 2 is 1.76 bits per heavy atom. The Morgan fingerprint density at radius 1 is 1.14 bits per heavy atom. The van der Waals surface area contributed by atoms with Gasteiger partial charge in [0.25, 0.3) is 5.91 Å². The lowest BCUT2D eigenvalue weighted by atomic mass is 9.47. The zero-order valence-electron chi connectivity index (χ0n) is 17.1. The zero-order chi connectivity index (χ0) is 20.8. The van der Waals surface area contributed by atoms with Crippen LogP contribution in [0.1, 0.15) is 69.2 Å². The van der Waals surface area contributed by atoms with Gasteiger partial charge in [-0.25, -0.2) is 0 Å². The van der Waals surface area contributed by atoms with Gasteiger partial charge in [-0.15, -0.1) is 0 Å². The van der Waals surface area contributed by atoms with Crippen molar-refractivity contribution < 1.29 is 24.2 Å². The summed E-state index contributed by atoms with van der Waals surface area (Å²) < 4.78 is 5.43. The average molecular weight is 399 g/mol. The van der Waals surface area contributed by atoms with Crippen LogP contribution in [-0.2, 0) is 14.3 Å². The predicted octanol–water partition coefficient (Wildman–Crippen LogP) is 3.48. The fourth-order valence-corrected chi connectivity index (χ4v) is 6.24. The minimum atomic E-state index is -0.910. The van der Waals surface area contributed by atoms with Crippen LogP contribution in [0.4, 0.5) is 5.69 Å². The van der Waals surface area contributed by atoms with Gasteiger partial charge in [-0.3, -0.25) is 14.4 Å². The molecule has 6 heteroatoms. The quantitative estimate of drug-likeness (QED) is 0.564. The molecule has 4 fully saturated rings. The second-order valence-electron chi connectivity index (χ2n) is 9.62. The normalized spacial score (nSPS) is 33.2. The van der Waals surface area contributed by atoms with E-state index in [1.807, 2.05) is 0 Å². The van der Waals surface area contributed by atoms with Crippen LogP contribution in [0.3, 0.4) is 0 Å². The van der Waals surface area contributed by atoms with E-state index in [1.54, 1.807) is 31.2 Å². The average Bonchev–Trinajstić information content (AvgIpc) is 2.59. The smallest absolute Gasteiger partial charge is 0.307 e. The lowest BCUT2D eigenvalue weighted by molar-refractivity contribution is -0.179. The van der Waals surface area contributed by atoms with Crippen molar-refractivity contribution in [2.24, 2.45) is 17.3 Å². The van der Waals surface area contributed by atoms with Crippen molar-refractivity contribution in [1.82, 2.24) is 0 Å². The molecule has 0 aromatic heterocycles. The lowest BCUT2D eigenvalue weighted by Gasteiger charge is -2.60. The number of carbonyl (C=O) groups excluding carboxylic acids is 3. The molecule has 2 N–H and O–H groups in total. The first kappa shape index (κ1) is 20.1. The number of esters is 1. The third-order valence-corrected chi connectivity index (χ3v) is 6.91. The van der Waals surface area contributed by atoms with Crippen LogP contribution in [-0.4, -0.2) is 34.5 Å². The van der Waals surface area contributed by atoms with E-state index in [1.165, 1.54) is 13.3 Å². The van der Waals surface area contributed by atoms with Crippen molar-refractivity contribution in [3.8, 4) is 0 Å². The highest BCUT2D eigenvalue weighted by Crippen LogP contribution is 2.62. The molecule has 156 valence electrons. The molecular formula is C23H29NO5. The monoisotopic (exact) mass is 399 g/mol. The molecule has 1 amide bonds. The van der Waals surface area contributed by atoms with Gasteiger partial charge in [-0.05, 0) is 93.9 Å². The number of amides is 1. The maximum atomic E-state index is 12.6. The van der Waals surface area contributed by atoms with Crippen molar-refractivity contribution in [2.75, 3.05) is 5.32 Å². The van der Waals surface area contributed by atoms with E-state index in [2.05, 4.69) is 5.32 Å². The molecule has 0 spiro atoms. The minimum Gasteiger partial charge on any atom is -0.453 e. The number of ether oxygens (including phenoxy) is 1. The first-order chi connectivity index (χ1) is 13.7. The van der Waals surface area contributed by atoms with Crippen LogP contribution in [0.15, 0.2) is 24.3 Å². The van der Waals surface area contributed by atoms with Crippen LogP contribution in [0.25, 0.3) is 0 Å². The SMILES string of the molecule is CC(=O)c1ccc(NC(=O)[C@H](C)OC(=O)CC23C[C@@H]4C[C@@H](CC(O)(C4)C2)C3)cc1. The predicted molar refractivity (Wildman–Crippen MR) is 107 cm³/mol. The van der Waals surface area contributed by atoms with Crippen molar-refractivity contribution >= 4 is 23.3 Å². The van der Waals surface area contributed by atoms with E-state index in [0.717, 1.165) is 25.7 Å². The Labute approximate surface area is 171 Å². The van der Waals surface area contributed by atoms with Gasteiger partial charge in [-0.2, -0.15) is 0 Å². The van der Waals surface area contributed by atoms with E-state index in [4.69, 9.17) is 4.74 Å². The summed E-state index contributed by atoms with van der Waals surface area (Å²) in [6.45, 7) is 3.04. The van der Waals surface area contributed by atoms with Crippen LogP contribution in [0.2, 0.25) is 0 Å². The number of anilines is 1. The second kappa shape index (κ2) is 7.24. The fraction of sp³-hybridized carbons (Fsp3) is 0.609. The number of carbonyl (C=O) groups is 3. The van der Waals surface area contributed by atoms with Crippen LogP contribution in [0.5, 0.6) is 0 Å². The molecule has 1 aromatic carbocycles. The van der Waals surface area contributed by atoms with Gasteiger partial charge in [0.2, 0.25) is 0 Å². The Kier molecular flexibility index (Phi) is 5.01. The highest BCUT2D eigenvalue weighted by atomic mass is 16.5. The molecule has 4 aliphatic carbocycles. The molecule has 5 atom stereocenters. The Morgan fingerprint density at radius 3 is 2.31 bits per heavy atom. The number of ketones is 1. The van der Waals surface area contributed by atoms with Gasteiger partial charge in [0.05, 0.1) is 12.0 Å². The molecule has 6 nitrogen and oxygen atoms in total. The molecule has 5 rings (SSSR count). The molecular weight excluding hydrogens is 370 g/mol. The standard InChI is InChI=1S/C23H29NO5/c1-14(25)18-3-5-19(6-4-18)24-21(27)15(2)29-20(26)12-22-8-16-7-17(9-22)11-23(28,10-16)13-22/h3-6,15-17,28H,7-13H2,1-2H3,(H,24,27)/t15-,16-,17+,22?,23?/m0/s1. The van der Waals surface area contributed by atoms with Crippen molar-refractivity contribution in [1.29, 1.82) is 0 Å². The summed E-state index contributed by atoms with van der Waals surface area (Å²) in [6.07, 6.45) is 4.88. The van der Waals surface area contributed by atoms with Gasteiger partial charge in [0.15, 0.2) is 11.9 Å². The summed E-state index contributed by atoms with van der Waals surface area (Å²) in [7, 11) is 0. The van der Waals surface area contributed by atoms with Crippen LogP contribution < -0.4 is 5.32 Å². The lowest BCUT2D eigenvalue weighted by Crippen LogP contribution is -2.56. The van der Waals surface area contributed by atoms with E-state index in [0.29, 0.717) is 29.5 Å². The molecule has 0 radical (unpaired) electrons. The summed E-state index contributed by atoms with van der Waals surface area (Å²) in [5.41, 5.74) is 0.333. The van der Waals surface area contributed by atoms with E-state index in [9.17, 15) is 19.5 Å². The van der Waals surface area contributed by atoms with Gasteiger partial charge >= 0.3 is 5.97 Å². The number of rotatable bonds is 6. The summed E-state index contributed by atoms with van der Waals surface area (Å²) in [5, 5.41) is 13.5. The summed E-state index contributed by atoms with van der Waals surface area (Å²) in [5.74, 6) is 0.197. The Bertz CT molecular complexity index is 816. The van der Waals surface area contributed by atoms with Gasteiger partial charge in [0.1, 0.15) is 0 Å². The number of hydrogen-bond donors (Lipinski definition) is 2. The fourth-order valence-electron chi connectivity index (χ4n) is 6.24. The topological polar surface area (TPSA) is 92.7 Å². The molecule has 0 saturated heterocycles. The third kappa shape index (κ3) is 4.22. The summed E-state index contributed by atoms with van der Waals surface area (Å²) >= 11 is 0. The van der Waals surface area contributed by atoms with Gasteiger partial charge < -0.3 is 15.2 Å². The van der Waals surface area contributed by atoms with E-state index < -0.39 is 17.6 Å².